The predicted molar refractivity (Wildman–Crippen MR) is 105 cm³/mol. The molecule has 3 aromatic rings. The molecular formula is C17H12BrClN4S. The molecule has 1 N–H and O–H groups in total. The maximum absolute atomic E-state index is 6.24. The summed E-state index contributed by atoms with van der Waals surface area (Å²) >= 11 is 15.0. The van der Waals surface area contributed by atoms with Crippen LogP contribution in [0.15, 0.2) is 69.2 Å². The van der Waals surface area contributed by atoms with Gasteiger partial charge in [-0.3, -0.25) is 0 Å². The summed E-state index contributed by atoms with van der Waals surface area (Å²) in [5, 5.41) is 11.8. The van der Waals surface area contributed by atoms with Crippen molar-refractivity contribution in [1.82, 2.24) is 14.9 Å². The summed E-state index contributed by atoms with van der Waals surface area (Å²) in [5.74, 6) is 0.605. The van der Waals surface area contributed by atoms with Crippen LogP contribution in [0.25, 0.3) is 17.5 Å². The highest BCUT2D eigenvalue weighted by Crippen LogP contribution is 2.26. The van der Waals surface area contributed by atoms with Gasteiger partial charge in [0.1, 0.15) is 0 Å². The zero-order valence-corrected chi connectivity index (χ0v) is 15.5. The minimum Gasteiger partial charge on any atom is -0.250 e. The van der Waals surface area contributed by atoms with Crippen LogP contribution in [-0.4, -0.2) is 21.1 Å². The molecule has 1 aromatic heterocycles. The average molecular weight is 420 g/mol. The van der Waals surface area contributed by atoms with E-state index < -0.39 is 0 Å². The van der Waals surface area contributed by atoms with E-state index in [4.69, 9.17) is 23.8 Å². The summed E-state index contributed by atoms with van der Waals surface area (Å²) in [5.41, 5.74) is 1.88. The number of aromatic amines is 1. The molecule has 0 aliphatic carbocycles. The number of allylic oxidation sites excluding steroid dienone is 1. The second-order valence-corrected chi connectivity index (χ2v) is 6.51. The molecule has 0 saturated carbocycles. The van der Waals surface area contributed by atoms with Gasteiger partial charge in [-0.15, -0.1) is 0 Å². The summed E-state index contributed by atoms with van der Waals surface area (Å²) in [6.07, 6.45) is 3.37. The van der Waals surface area contributed by atoms with Crippen molar-refractivity contribution in [1.29, 1.82) is 0 Å². The average Bonchev–Trinajstić information content (AvgIpc) is 2.95. The Hall–Kier alpha value is -2.02. The SMILES string of the molecule is S=c1[nH]nc(-c2ccccc2Br)n1N=CC(Cl)=Cc1ccccc1. The van der Waals surface area contributed by atoms with E-state index in [-0.39, 0.29) is 0 Å². The van der Waals surface area contributed by atoms with Crippen molar-refractivity contribution in [3.8, 4) is 11.4 Å². The zero-order valence-electron chi connectivity index (χ0n) is 12.4. The summed E-state index contributed by atoms with van der Waals surface area (Å²) < 4.78 is 2.83. The molecule has 3 rings (SSSR count). The molecule has 0 atom stereocenters. The third-order valence-electron chi connectivity index (χ3n) is 3.17. The monoisotopic (exact) mass is 418 g/mol. The van der Waals surface area contributed by atoms with Crippen LogP contribution in [0, 0.1) is 4.77 Å². The van der Waals surface area contributed by atoms with E-state index in [9.17, 15) is 0 Å². The number of aromatic nitrogens is 3. The minimum atomic E-state index is 0.390. The topological polar surface area (TPSA) is 46.0 Å². The summed E-state index contributed by atoms with van der Waals surface area (Å²) in [7, 11) is 0. The molecule has 0 bridgehead atoms. The Morgan fingerprint density at radius 1 is 1.17 bits per heavy atom. The van der Waals surface area contributed by atoms with Gasteiger partial charge in [-0.1, -0.05) is 70.0 Å². The summed E-state index contributed by atoms with van der Waals surface area (Å²) in [6, 6.07) is 17.5. The smallest absolute Gasteiger partial charge is 0.216 e. The molecule has 120 valence electrons. The van der Waals surface area contributed by atoms with Crippen LogP contribution in [0.3, 0.4) is 0 Å². The highest BCUT2D eigenvalue weighted by Gasteiger charge is 2.10. The van der Waals surface area contributed by atoms with Gasteiger partial charge >= 0.3 is 0 Å². The lowest BCUT2D eigenvalue weighted by Gasteiger charge is -2.03. The molecule has 0 fully saturated rings. The van der Waals surface area contributed by atoms with Gasteiger partial charge in [0.2, 0.25) is 4.77 Å². The van der Waals surface area contributed by atoms with Crippen LogP contribution in [0.2, 0.25) is 0 Å². The van der Waals surface area contributed by atoms with Crippen molar-refractivity contribution < 1.29 is 0 Å². The molecule has 1 heterocycles. The third kappa shape index (κ3) is 3.90. The van der Waals surface area contributed by atoms with Crippen LogP contribution < -0.4 is 0 Å². The highest BCUT2D eigenvalue weighted by molar-refractivity contribution is 9.10. The number of hydrogen-bond acceptors (Lipinski definition) is 3. The van der Waals surface area contributed by atoms with Crippen LogP contribution in [0.1, 0.15) is 5.56 Å². The van der Waals surface area contributed by atoms with Crippen molar-refractivity contribution in [3.63, 3.8) is 0 Å². The maximum Gasteiger partial charge on any atom is 0.216 e. The minimum absolute atomic E-state index is 0.390. The van der Waals surface area contributed by atoms with E-state index in [1.807, 2.05) is 60.7 Å². The molecule has 7 heteroatoms. The fraction of sp³-hybridized carbons (Fsp3) is 0. The standard InChI is InChI=1S/C17H12BrClN4S/c18-15-9-5-4-8-14(15)16-21-22-17(24)23(16)20-11-13(19)10-12-6-2-1-3-7-12/h1-11H,(H,22,24). The third-order valence-corrected chi connectivity index (χ3v) is 4.33. The first-order valence-corrected chi connectivity index (χ1v) is 8.62. The van der Waals surface area contributed by atoms with Crippen molar-refractivity contribution in [2.24, 2.45) is 5.10 Å². The fourth-order valence-electron chi connectivity index (χ4n) is 2.07. The van der Waals surface area contributed by atoms with Crippen LogP contribution in [-0.2, 0) is 0 Å². The quantitative estimate of drug-likeness (QED) is 0.449. The maximum atomic E-state index is 6.24. The molecule has 0 saturated heterocycles. The Morgan fingerprint density at radius 2 is 1.88 bits per heavy atom. The Morgan fingerprint density at radius 3 is 2.62 bits per heavy atom. The first-order valence-electron chi connectivity index (χ1n) is 7.04. The van der Waals surface area contributed by atoms with Crippen molar-refractivity contribution in [2.45, 2.75) is 0 Å². The number of nitrogens with one attached hydrogen (secondary N) is 1. The van der Waals surface area contributed by atoms with Crippen LogP contribution in [0.5, 0.6) is 0 Å². The van der Waals surface area contributed by atoms with Crippen molar-refractivity contribution >= 4 is 52.0 Å². The van der Waals surface area contributed by atoms with Crippen molar-refractivity contribution in [2.75, 3.05) is 0 Å². The highest BCUT2D eigenvalue weighted by atomic mass is 79.9. The Labute approximate surface area is 157 Å². The molecule has 0 amide bonds. The first kappa shape index (κ1) is 16.8. The predicted octanol–water partition coefficient (Wildman–Crippen LogP) is 5.48. The second-order valence-electron chi connectivity index (χ2n) is 4.83. The zero-order chi connectivity index (χ0) is 16.9. The lowest BCUT2D eigenvalue weighted by Crippen LogP contribution is -1.95. The molecule has 0 unspecified atom stereocenters. The number of nitrogens with zero attached hydrogens (tertiary/aromatic N) is 3. The molecule has 24 heavy (non-hydrogen) atoms. The summed E-state index contributed by atoms with van der Waals surface area (Å²) in [6.45, 7) is 0. The van der Waals surface area contributed by atoms with Crippen LogP contribution in [0.4, 0.5) is 0 Å². The lowest BCUT2D eigenvalue weighted by molar-refractivity contribution is 0.871. The van der Waals surface area contributed by atoms with Gasteiger partial charge < -0.3 is 0 Å². The number of halogens is 2. The van der Waals surface area contributed by atoms with E-state index in [1.165, 1.54) is 4.68 Å². The van der Waals surface area contributed by atoms with E-state index in [0.29, 0.717) is 15.6 Å². The van der Waals surface area contributed by atoms with Crippen LogP contribution >= 0.6 is 39.7 Å². The van der Waals surface area contributed by atoms with Crippen molar-refractivity contribution in [3.05, 3.63) is 74.4 Å². The van der Waals surface area contributed by atoms with E-state index >= 15 is 0 Å². The molecular weight excluding hydrogens is 408 g/mol. The molecule has 2 aromatic carbocycles. The van der Waals surface area contributed by atoms with E-state index in [1.54, 1.807) is 6.21 Å². The molecule has 0 radical (unpaired) electrons. The normalized spacial score (nSPS) is 12.0. The van der Waals surface area contributed by atoms with Gasteiger partial charge in [0.15, 0.2) is 5.82 Å². The first-order chi connectivity index (χ1) is 11.6. The molecule has 0 spiro atoms. The second kappa shape index (κ2) is 7.70. The molecule has 4 nitrogen and oxygen atoms in total. The van der Waals surface area contributed by atoms with Gasteiger partial charge in [-0.05, 0) is 36.0 Å². The van der Waals surface area contributed by atoms with Gasteiger partial charge in [0.05, 0.1) is 11.2 Å². The molecule has 0 aliphatic rings. The summed E-state index contributed by atoms with van der Waals surface area (Å²) in [4.78, 5) is 0. The Balaban J connectivity index is 1.94. The lowest BCUT2D eigenvalue weighted by atomic mass is 10.2. The number of H-pyrrole nitrogens is 1. The molecule has 0 aliphatic heterocycles. The number of rotatable bonds is 4. The van der Waals surface area contributed by atoms with Gasteiger partial charge in [0, 0.05) is 10.0 Å². The van der Waals surface area contributed by atoms with Gasteiger partial charge in [-0.2, -0.15) is 14.9 Å². The largest absolute Gasteiger partial charge is 0.250 e. The Kier molecular flexibility index (Phi) is 5.40. The number of benzene rings is 2. The van der Waals surface area contributed by atoms with Gasteiger partial charge in [0.25, 0.3) is 0 Å². The van der Waals surface area contributed by atoms with E-state index in [0.717, 1.165) is 15.6 Å². The van der Waals surface area contributed by atoms with E-state index in [2.05, 4.69) is 31.2 Å². The fourth-order valence-corrected chi connectivity index (χ4v) is 2.89. The number of hydrogen-bond donors (Lipinski definition) is 1. The van der Waals surface area contributed by atoms with Gasteiger partial charge in [-0.25, -0.2) is 5.10 Å². The Bertz CT molecular complexity index is 960.